The number of carbonyl (C=O) groups excluding carboxylic acids is 1. The normalized spacial score (nSPS) is 10.9. The number of hydrogen-bond donors (Lipinski definition) is 1. The topological polar surface area (TPSA) is 75.1 Å². The number of fused-ring (bicyclic) bond motifs is 1. The SMILES string of the molecule is COc1ccc2c(ccn2CCn2ccc(C(N)=O)n2)c1. The van der Waals surface area contributed by atoms with Crippen molar-refractivity contribution >= 4 is 16.8 Å². The number of ether oxygens (including phenoxy) is 1. The molecule has 108 valence electrons. The molecule has 0 aliphatic carbocycles. The lowest BCUT2D eigenvalue weighted by Gasteiger charge is -2.06. The van der Waals surface area contributed by atoms with Crippen molar-refractivity contribution < 1.29 is 9.53 Å². The number of hydrogen-bond acceptors (Lipinski definition) is 3. The van der Waals surface area contributed by atoms with Gasteiger partial charge in [-0.3, -0.25) is 9.48 Å². The van der Waals surface area contributed by atoms with Gasteiger partial charge in [-0.1, -0.05) is 0 Å². The van der Waals surface area contributed by atoms with Crippen LogP contribution in [0.3, 0.4) is 0 Å². The van der Waals surface area contributed by atoms with E-state index in [-0.39, 0.29) is 5.69 Å². The first-order chi connectivity index (χ1) is 10.2. The molecule has 1 aromatic carbocycles. The van der Waals surface area contributed by atoms with Crippen molar-refractivity contribution in [1.29, 1.82) is 0 Å². The fourth-order valence-corrected chi connectivity index (χ4v) is 2.33. The number of primary amides is 1. The van der Waals surface area contributed by atoms with Crippen molar-refractivity contribution in [2.45, 2.75) is 13.1 Å². The Kier molecular flexibility index (Phi) is 3.35. The molecule has 3 aromatic rings. The number of rotatable bonds is 5. The fourth-order valence-electron chi connectivity index (χ4n) is 2.33. The highest BCUT2D eigenvalue weighted by atomic mass is 16.5. The van der Waals surface area contributed by atoms with Crippen LogP contribution in [0.2, 0.25) is 0 Å². The predicted octanol–water partition coefficient (Wildman–Crippen LogP) is 1.65. The Labute approximate surface area is 121 Å². The highest BCUT2D eigenvalue weighted by molar-refractivity contribution is 5.90. The molecular weight excluding hydrogens is 268 g/mol. The van der Waals surface area contributed by atoms with Crippen LogP contribution in [0.1, 0.15) is 10.5 Å². The third kappa shape index (κ3) is 2.60. The van der Waals surface area contributed by atoms with Gasteiger partial charge in [0, 0.05) is 29.8 Å². The summed E-state index contributed by atoms with van der Waals surface area (Å²) in [7, 11) is 1.66. The highest BCUT2D eigenvalue weighted by Crippen LogP contribution is 2.21. The van der Waals surface area contributed by atoms with E-state index >= 15 is 0 Å². The van der Waals surface area contributed by atoms with E-state index in [2.05, 4.69) is 15.7 Å². The summed E-state index contributed by atoms with van der Waals surface area (Å²) in [6.07, 6.45) is 3.79. The van der Waals surface area contributed by atoms with Crippen molar-refractivity contribution in [3.05, 3.63) is 48.4 Å². The molecule has 1 amide bonds. The number of nitrogens with zero attached hydrogens (tertiary/aromatic N) is 3. The van der Waals surface area contributed by atoms with Crippen LogP contribution in [0.4, 0.5) is 0 Å². The number of aryl methyl sites for hydroxylation is 2. The zero-order chi connectivity index (χ0) is 14.8. The molecular formula is C15H16N4O2. The summed E-state index contributed by atoms with van der Waals surface area (Å²) in [5.74, 6) is 0.339. The molecule has 2 N–H and O–H groups in total. The Morgan fingerprint density at radius 2 is 2.10 bits per heavy atom. The molecule has 0 atom stereocenters. The van der Waals surface area contributed by atoms with Crippen molar-refractivity contribution in [1.82, 2.24) is 14.3 Å². The minimum Gasteiger partial charge on any atom is -0.497 e. The maximum Gasteiger partial charge on any atom is 0.269 e. The van der Waals surface area contributed by atoms with Crippen molar-refractivity contribution in [2.24, 2.45) is 5.73 Å². The number of methoxy groups -OCH3 is 1. The second kappa shape index (κ2) is 5.32. The summed E-state index contributed by atoms with van der Waals surface area (Å²) in [5.41, 5.74) is 6.61. The minimum absolute atomic E-state index is 0.289. The van der Waals surface area contributed by atoms with Crippen LogP contribution in [0.5, 0.6) is 5.75 Å². The summed E-state index contributed by atoms with van der Waals surface area (Å²) in [4.78, 5) is 11.0. The maximum absolute atomic E-state index is 11.0. The van der Waals surface area contributed by atoms with Gasteiger partial charge in [0.2, 0.25) is 0 Å². The van der Waals surface area contributed by atoms with E-state index in [9.17, 15) is 4.79 Å². The van der Waals surface area contributed by atoms with E-state index in [1.165, 1.54) is 0 Å². The summed E-state index contributed by atoms with van der Waals surface area (Å²) >= 11 is 0. The number of carbonyl (C=O) groups is 1. The van der Waals surface area contributed by atoms with Crippen molar-refractivity contribution in [3.63, 3.8) is 0 Å². The molecule has 6 heteroatoms. The average molecular weight is 284 g/mol. The zero-order valence-corrected chi connectivity index (χ0v) is 11.7. The minimum atomic E-state index is -0.507. The highest BCUT2D eigenvalue weighted by Gasteiger charge is 2.06. The van der Waals surface area contributed by atoms with Crippen molar-refractivity contribution in [3.8, 4) is 5.75 Å². The molecule has 0 saturated carbocycles. The molecule has 3 rings (SSSR count). The molecule has 0 spiro atoms. The Bertz CT molecular complexity index is 788. The first-order valence-electron chi connectivity index (χ1n) is 6.63. The van der Waals surface area contributed by atoms with Gasteiger partial charge in [-0.05, 0) is 30.3 Å². The van der Waals surface area contributed by atoms with Gasteiger partial charge >= 0.3 is 0 Å². The molecule has 0 fully saturated rings. The van der Waals surface area contributed by atoms with Gasteiger partial charge in [-0.2, -0.15) is 5.10 Å². The molecule has 2 heterocycles. The van der Waals surface area contributed by atoms with Crippen LogP contribution in [0.15, 0.2) is 42.7 Å². The fraction of sp³-hybridized carbons (Fsp3) is 0.200. The van der Waals surface area contributed by atoms with E-state index in [0.29, 0.717) is 6.54 Å². The first-order valence-corrected chi connectivity index (χ1v) is 6.63. The lowest BCUT2D eigenvalue weighted by Crippen LogP contribution is -2.13. The Morgan fingerprint density at radius 1 is 1.24 bits per heavy atom. The number of amides is 1. The van der Waals surface area contributed by atoms with Crippen molar-refractivity contribution in [2.75, 3.05) is 7.11 Å². The largest absolute Gasteiger partial charge is 0.497 e. The monoisotopic (exact) mass is 284 g/mol. The third-order valence-corrected chi connectivity index (χ3v) is 3.44. The van der Waals surface area contributed by atoms with E-state index in [1.54, 1.807) is 24.1 Å². The molecule has 2 aromatic heterocycles. The van der Waals surface area contributed by atoms with Crippen LogP contribution in [-0.2, 0) is 13.1 Å². The van der Waals surface area contributed by atoms with Gasteiger partial charge in [-0.15, -0.1) is 0 Å². The van der Waals surface area contributed by atoms with Gasteiger partial charge in [0.05, 0.1) is 13.7 Å². The van der Waals surface area contributed by atoms with Gasteiger partial charge in [0.1, 0.15) is 11.4 Å². The van der Waals surface area contributed by atoms with E-state index in [4.69, 9.17) is 10.5 Å². The van der Waals surface area contributed by atoms with Gasteiger partial charge in [0.25, 0.3) is 5.91 Å². The maximum atomic E-state index is 11.0. The Balaban J connectivity index is 1.77. The Hall–Kier alpha value is -2.76. The number of nitrogens with two attached hydrogens (primary N) is 1. The molecule has 21 heavy (non-hydrogen) atoms. The second-order valence-electron chi connectivity index (χ2n) is 4.76. The van der Waals surface area contributed by atoms with E-state index < -0.39 is 5.91 Å². The smallest absolute Gasteiger partial charge is 0.269 e. The molecule has 0 unspecified atom stereocenters. The quantitative estimate of drug-likeness (QED) is 0.774. The lowest BCUT2D eigenvalue weighted by atomic mass is 10.2. The van der Waals surface area contributed by atoms with Crippen LogP contribution in [-0.4, -0.2) is 27.4 Å². The second-order valence-corrected chi connectivity index (χ2v) is 4.76. The molecule has 0 radical (unpaired) electrons. The third-order valence-electron chi connectivity index (χ3n) is 3.44. The summed E-state index contributed by atoms with van der Waals surface area (Å²) in [6, 6.07) is 9.66. The number of benzene rings is 1. The lowest BCUT2D eigenvalue weighted by molar-refractivity contribution is 0.0994. The summed E-state index contributed by atoms with van der Waals surface area (Å²) < 4.78 is 9.08. The molecule has 0 aliphatic heterocycles. The van der Waals surface area contributed by atoms with Crippen LogP contribution >= 0.6 is 0 Å². The number of aromatic nitrogens is 3. The summed E-state index contributed by atoms with van der Waals surface area (Å²) in [5, 5.41) is 5.26. The standard InChI is InChI=1S/C15H16N4O2/c1-21-12-2-3-14-11(10-12)4-6-18(14)8-9-19-7-5-13(17-19)15(16)20/h2-7,10H,8-9H2,1H3,(H2,16,20). The van der Waals surface area contributed by atoms with Gasteiger partial charge in [0.15, 0.2) is 0 Å². The summed E-state index contributed by atoms with van der Waals surface area (Å²) in [6.45, 7) is 1.43. The van der Waals surface area contributed by atoms with Crippen LogP contribution in [0.25, 0.3) is 10.9 Å². The van der Waals surface area contributed by atoms with Crippen LogP contribution in [0, 0.1) is 0 Å². The first kappa shape index (κ1) is 13.2. The predicted molar refractivity (Wildman–Crippen MR) is 79.2 cm³/mol. The molecule has 0 saturated heterocycles. The van der Waals surface area contributed by atoms with Crippen LogP contribution < -0.4 is 10.5 Å². The molecule has 6 nitrogen and oxygen atoms in total. The van der Waals surface area contributed by atoms with Gasteiger partial charge in [-0.25, -0.2) is 0 Å². The molecule has 0 aliphatic rings. The van der Waals surface area contributed by atoms with E-state index in [0.717, 1.165) is 23.2 Å². The molecule has 0 bridgehead atoms. The Morgan fingerprint density at radius 3 is 2.81 bits per heavy atom. The zero-order valence-electron chi connectivity index (χ0n) is 11.7. The average Bonchev–Trinajstić information content (AvgIpc) is 3.11. The van der Waals surface area contributed by atoms with E-state index in [1.807, 2.05) is 24.4 Å². The van der Waals surface area contributed by atoms with Gasteiger partial charge < -0.3 is 15.0 Å².